The van der Waals surface area contributed by atoms with Gasteiger partial charge in [0.05, 0.1) is 0 Å². The van der Waals surface area contributed by atoms with Crippen LogP contribution in [-0.4, -0.2) is 25.9 Å². The summed E-state index contributed by atoms with van der Waals surface area (Å²) < 4.78 is 10.1. The summed E-state index contributed by atoms with van der Waals surface area (Å²) in [6.07, 6.45) is 1.47. The first-order valence-electron chi connectivity index (χ1n) is 3.19. The topological polar surface area (TPSA) is 18.5 Å². The first-order valence-corrected chi connectivity index (χ1v) is 3.95. The zero-order chi connectivity index (χ0) is 8.62. The molecule has 0 radical (unpaired) electrons. The molecule has 0 unspecified atom stereocenters. The zero-order valence-electron chi connectivity index (χ0n) is 7.40. The number of hydrogen-bond acceptors (Lipinski definition) is 2. The summed E-state index contributed by atoms with van der Waals surface area (Å²) in [4.78, 5) is 0. The van der Waals surface area contributed by atoms with Gasteiger partial charge >= 0.3 is 0 Å². The van der Waals surface area contributed by atoms with Crippen molar-refractivity contribution in [3.05, 3.63) is 0 Å². The van der Waals surface area contributed by atoms with Crippen LogP contribution < -0.4 is 0 Å². The molecule has 0 fully saturated rings. The van der Waals surface area contributed by atoms with Crippen LogP contribution in [0.4, 0.5) is 0 Å². The summed E-state index contributed by atoms with van der Waals surface area (Å²) in [5.74, 6) is -0.408. The molecule has 0 N–H and O–H groups in total. The van der Waals surface area contributed by atoms with Gasteiger partial charge in [-0.3, -0.25) is 0 Å². The van der Waals surface area contributed by atoms with Gasteiger partial charge in [0.25, 0.3) is 0 Å². The predicted octanol–water partition coefficient (Wildman–Crippen LogP) is 2.26. The van der Waals surface area contributed by atoms with E-state index in [2.05, 4.69) is 11.6 Å². The molecular formula is C7H17ClO2. The van der Waals surface area contributed by atoms with Crippen molar-refractivity contribution < 1.29 is 9.47 Å². The van der Waals surface area contributed by atoms with E-state index in [0.717, 1.165) is 0 Å². The van der Waals surface area contributed by atoms with Gasteiger partial charge in [0.2, 0.25) is 0 Å². The molecule has 0 aromatic rings. The number of alkyl halides is 1. The van der Waals surface area contributed by atoms with Gasteiger partial charge in [-0.15, -0.1) is 11.6 Å². The zero-order valence-corrected chi connectivity index (χ0v) is 8.16. The Morgan fingerprint density at radius 1 is 1.30 bits per heavy atom. The van der Waals surface area contributed by atoms with E-state index in [-0.39, 0.29) is 0 Å². The molecule has 0 spiro atoms. The Balaban J connectivity index is 0. The van der Waals surface area contributed by atoms with E-state index in [1.54, 1.807) is 7.11 Å². The van der Waals surface area contributed by atoms with Crippen LogP contribution in [-0.2, 0) is 9.47 Å². The molecule has 0 heterocycles. The first kappa shape index (κ1) is 12.8. The monoisotopic (exact) mass is 168 g/mol. The Kier molecular flexibility index (Phi) is 9.40. The SMILES string of the molecule is CCOC(C)(C)OC.CCl. The maximum atomic E-state index is 5.16. The lowest BCUT2D eigenvalue weighted by atomic mass is 10.4. The average molecular weight is 169 g/mol. The van der Waals surface area contributed by atoms with Gasteiger partial charge in [0.1, 0.15) is 0 Å². The van der Waals surface area contributed by atoms with Crippen molar-refractivity contribution in [2.45, 2.75) is 26.6 Å². The number of hydrogen-bond donors (Lipinski definition) is 0. The van der Waals surface area contributed by atoms with Crippen LogP contribution in [0.1, 0.15) is 20.8 Å². The van der Waals surface area contributed by atoms with Gasteiger partial charge in [-0.25, -0.2) is 0 Å². The molecule has 2 nitrogen and oxygen atoms in total. The third kappa shape index (κ3) is 8.21. The summed E-state index contributed by atoms with van der Waals surface area (Å²) in [6.45, 7) is 6.41. The second kappa shape index (κ2) is 7.32. The van der Waals surface area contributed by atoms with Crippen LogP contribution in [0.3, 0.4) is 0 Å². The summed E-state index contributed by atoms with van der Waals surface area (Å²) in [6, 6.07) is 0. The highest BCUT2D eigenvalue weighted by atomic mass is 35.5. The Morgan fingerprint density at radius 3 is 1.80 bits per heavy atom. The maximum absolute atomic E-state index is 5.16. The summed E-state index contributed by atoms with van der Waals surface area (Å²) in [5, 5.41) is 0. The highest BCUT2D eigenvalue weighted by Gasteiger charge is 2.13. The minimum atomic E-state index is -0.408. The molecule has 0 aliphatic carbocycles. The third-order valence-corrected chi connectivity index (χ3v) is 0.984. The summed E-state index contributed by atoms with van der Waals surface area (Å²) >= 11 is 4.64. The highest BCUT2D eigenvalue weighted by molar-refractivity contribution is 6.15. The number of methoxy groups -OCH3 is 1. The van der Waals surface area contributed by atoms with Crippen LogP contribution in [0, 0.1) is 0 Å². The van der Waals surface area contributed by atoms with Crippen LogP contribution >= 0.6 is 11.6 Å². The van der Waals surface area contributed by atoms with Crippen molar-refractivity contribution in [1.29, 1.82) is 0 Å². The van der Waals surface area contributed by atoms with Crippen molar-refractivity contribution in [1.82, 2.24) is 0 Å². The Bertz CT molecular complexity index is 64.6. The molecule has 0 atom stereocenters. The molecule has 10 heavy (non-hydrogen) atoms. The summed E-state index contributed by atoms with van der Waals surface area (Å²) in [7, 11) is 1.63. The maximum Gasteiger partial charge on any atom is 0.162 e. The van der Waals surface area contributed by atoms with E-state index in [1.807, 2.05) is 20.8 Å². The normalized spacial score (nSPS) is 10.2. The lowest BCUT2D eigenvalue weighted by Gasteiger charge is -2.21. The molecule has 0 bridgehead atoms. The molecular weight excluding hydrogens is 152 g/mol. The fourth-order valence-electron chi connectivity index (χ4n) is 0.407. The van der Waals surface area contributed by atoms with E-state index in [9.17, 15) is 0 Å². The quantitative estimate of drug-likeness (QED) is 0.476. The highest BCUT2D eigenvalue weighted by Crippen LogP contribution is 2.07. The molecule has 0 aromatic heterocycles. The average Bonchev–Trinajstić information content (AvgIpc) is 1.93. The van der Waals surface area contributed by atoms with E-state index >= 15 is 0 Å². The van der Waals surface area contributed by atoms with Crippen molar-refractivity contribution in [3.63, 3.8) is 0 Å². The first-order chi connectivity index (χ1) is 4.62. The Labute approximate surface area is 68.5 Å². The molecule has 0 amide bonds. The van der Waals surface area contributed by atoms with Crippen LogP contribution in [0.2, 0.25) is 0 Å². The fraction of sp³-hybridized carbons (Fsp3) is 1.00. The van der Waals surface area contributed by atoms with Crippen molar-refractivity contribution in [2.75, 3.05) is 20.1 Å². The second-order valence-corrected chi connectivity index (χ2v) is 2.04. The lowest BCUT2D eigenvalue weighted by molar-refractivity contribution is -0.193. The van der Waals surface area contributed by atoms with E-state index in [4.69, 9.17) is 9.47 Å². The lowest BCUT2D eigenvalue weighted by Crippen LogP contribution is -2.26. The number of rotatable bonds is 3. The molecule has 0 aromatic carbocycles. The second-order valence-electron chi connectivity index (χ2n) is 2.04. The Morgan fingerprint density at radius 2 is 1.70 bits per heavy atom. The molecule has 0 saturated carbocycles. The Hall–Kier alpha value is 0.210. The van der Waals surface area contributed by atoms with E-state index < -0.39 is 5.79 Å². The van der Waals surface area contributed by atoms with Crippen molar-refractivity contribution >= 4 is 11.6 Å². The third-order valence-electron chi connectivity index (χ3n) is 0.984. The molecule has 3 heteroatoms. The molecule has 0 aliphatic rings. The molecule has 0 aliphatic heterocycles. The number of halogens is 1. The largest absolute Gasteiger partial charge is 0.354 e. The van der Waals surface area contributed by atoms with Gasteiger partial charge in [-0.1, -0.05) is 0 Å². The van der Waals surface area contributed by atoms with Crippen LogP contribution in [0.25, 0.3) is 0 Å². The number of ether oxygens (including phenoxy) is 2. The van der Waals surface area contributed by atoms with Gasteiger partial charge < -0.3 is 9.47 Å². The van der Waals surface area contributed by atoms with Crippen molar-refractivity contribution in [2.24, 2.45) is 0 Å². The van der Waals surface area contributed by atoms with E-state index in [0.29, 0.717) is 6.61 Å². The molecule has 0 saturated heterocycles. The summed E-state index contributed by atoms with van der Waals surface area (Å²) in [5.41, 5.74) is 0. The van der Waals surface area contributed by atoms with Gasteiger partial charge in [0.15, 0.2) is 5.79 Å². The minimum Gasteiger partial charge on any atom is -0.354 e. The smallest absolute Gasteiger partial charge is 0.162 e. The van der Waals surface area contributed by atoms with Gasteiger partial charge in [0, 0.05) is 20.1 Å². The van der Waals surface area contributed by atoms with Gasteiger partial charge in [-0.05, 0) is 20.8 Å². The fourth-order valence-corrected chi connectivity index (χ4v) is 0.407. The minimum absolute atomic E-state index is 0.408. The standard InChI is InChI=1S/C6H14O2.CH3Cl/c1-5-8-6(2,3)7-4;1-2/h5H2,1-4H3;1H3. The van der Waals surface area contributed by atoms with Crippen LogP contribution in [0.15, 0.2) is 0 Å². The van der Waals surface area contributed by atoms with E-state index in [1.165, 1.54) is 6.38 Å². The van der Waals surface area contributed by atoms with Crippen LogP contribution in [0.5, 0.6) is 0 Å². The van der Waals surface area contributed by atoms with Gasteiger partial charge in [-0.2, -0.15) is 0 Å². The molecule has 0 rings (SSSR count). The van der Waals surface area contributed by atoms with Crippen molar-refractivity contribution in [3.8, 4) is 0 Å². The molecule has 64 valence electrons. The predicted molar refractivity (Wildman–Crippen MR) is 44.5 cm³/mol.